The number of thiophene rings is 1. The van der Waals surface area contributed by atoms with E-state index < -0.39 is 0 Å². The first-order chi connectivity index (χ1) is 7.83. The van der Waals surface area contributed by atoms with Crippen molar-refractivity contribution in [1.29, 1.82) is 0 Å². The zero-order chi connectivity index (χ0) is 11.4. The molecule has 2 aromatic rings. The summed E-state index contributed by atoms with van der Waals surface area (Å²) in [7, 11) is 0. The van der Waals surface area contributed by atoms with Crippen molar-refractivity contribution in [2.24, 2.45) is 0 Å². The molecule has 16 heavy (non-hydrogen) atoms. The van der Waals surface area contributed by atoms with Gasteiger partial charge in [-0.1, -0.05) is 6.92 Å². The molecule has 0 unspecified atom stereocenters. The van der Waals surface area contributed by atoms with E-state index in [-0.39, 0.29) is 5.91 Å². The standard InChI is InChI=1S/C12H14N2OS/c1-2-6-13-12(15)11-10(5-9-16-11)14-7-3-4-8-14/h3-5,7-9H,2,6H2,1H3,(H,13,15). The SMILES string of the molecule is CCCNC(=O)c1sccc1-n1cccc1. The first kappa shape index (κ1) is 11.0. The van der Waals surface area contributed by atoms with E-state index in [0.717, 1.165) is 23.5 Å². The molecule has 0 aromatic carbocycles. The summed E-state index contributed by atoms with van der Waals surface area (Å²) in [6.07, 6.45) is 4.84. The van der Waals surface area contributed by atoms with Crippen LogP contribution in [0, 0.1) is 0 Å². The second kappa shape index (κ2) is 4.99. The van der Waals surface area contributed by atoms with Crippen molar-refractivity contribution in [1.82, 2.24) is 9.88 Å². The van der Waals surface area contributed by atoms with Gasteiger partial charge in [0, 0.05) is 18.9 Å². The summed E-state index contributed by atoms with van der Waals surface area (Å²) < 4.78 is 1.96. The van der Waals surface area contributed by atoms with Gasteiger partial charge in [0.2, 0.25) is 0 Å². The molecule has 0 atom stereocenters. The van der Waals surface area contributed by atoms with E-state index in [1.165, 1.54) is 11.3 Å². The van der Waals surface area contributed by atoms with Gasteiger partial charge in [-0.05, 0) is 30.0 Å². The Kier molecular flexibility index (Phi) is 3.41. The van der Waals surface area contributed by atoms with Crippen LogP contribution in [-0.2, 0) is 0 Å². The van der Waals surface area contributed by atoms with Crippen LogP contribution in [0.4, 0.5) is 0 Å². The predicted octanol–water partition coefficient (Wildman–Crippen LogP) is 2.68. The fourth-order valence-electron chi connectivity index (χ4n) is 1.49. The molecule has 0 radical (unpaired) electrons. The molecule has 0 saturated carbocycles. The van der Waals surface area contributed by atoms with Gasteiger partial charge in [-0.3, -0.25) is 4.79 Å². The van der Waals surface area contributed by atoms with Crippen molar-refractivity contribution in [3.63, 3.8) is 0 Å². The van der Waals surface area contributed by atoms with Gasteiger partial charge in [-0.25, -0.2) is 0 Å². The molecule has 0 saturated heterocycles. The van der Waals surface area contributed by atoms with Gasteiger partial charge >= 0.3 is 0 Å². The third-order valence-corrected chi connectivity index (χ3v) is 3.17. The molecule has 0 bridgehead atoms. The number of hydrogen-bond acceptors (Lipinski definition) is 2. The number of amides is 1. The Hall–Kier alpha value is -1.55. The van der Waals surface area contributed by atoms with Crippen LogP contribution in [0.1, 0.15) is 23.0 Å². The van der Waals surface area contributed by atoms with E-state index in [4.69, 9.17) is 0 Å². The van der Waals surface area contributed by atoms with Gasteiger partial charge < -0.3 is 9.88 Å². The van der Waals surface area contributed by atoms with Crippen LogP contribution < -0.4 is 5.32 Å². The Morgan fingerprint density at radius 2 is 2.19 bits per heavy atom. The van der Waals surface area contributed by atoms with Crippen LogP contribution in [0.5, 0.6) is 0 Å². The van der Waals surface area contributed by atoms with Crippen LogP contribution in [0.25, 0.3) is 5.69 Å². The van der Waals surface area contributed by atoms with Crippen molar-refractivity contribution >= 4 is 17.2 Å². The Balaban J connectivity index is 2.23. The summed E-state index contributed by atoms with van der Waals surface area (Å²) in [5, 5.41) is 4.84. The monoisotopic (exact) mass is 234 g/mol. The summed E-state index contributed by atoms with van der Waals surface area (Å²) in [5.74, 6) is 0.0144. The summed E-state index contributed by atoms with van der Waals surface area (Å²) in [6, 6.07) is 5.86. The molecule has 0 spiro atoms. The van der Waals surface area contributed by atoms with Crippen LogP contribution in [0.2, 0.25) is 0 Å². The maximum Gasteiger partial charge on any atom is 0.263 e. The highest BCUT2D eigenvalue weighted by Crippen LogP contribution is 2.21. The molecular weight excluding hydrogens is 220 g/mol. The molecule has 1 amide bonds. The fraction of sp³-hybridized carbons (Fsp3) is 0.250. The molecule has 2 aromatic heterocycles. The number of hydrogen-bond donors (Lipinski definition) is 1. The summed E-state index contributed by atoms with van der Waals surface area (Å²) in [6.45, 7) is 2.77. The molecule has 1 N–H and O–H groups in total. The van der Waals surface area contributed by atoms with E-state index in [1.54, 1.807) is 0 Å². The largest absolute Gasteiger partial charge is 0.351 e. The van der Waals surface area contributed by atoms with Crippen molar-refractivity contribution in [2.45, 2.75) is 13.3 Å². The predicted molar refractivity (Wildman–Crippen MR) is 66.3 cm³/mol. The Labute approximate surface area is 98.7 Å². The third-order valence-electron chi connectivity index (χ3n) is 2.27. The minimum absolute atomic E-state index is 0.0144. The Bertz CT molecular complexity index is 459. The summed E-state index contributed by atoms with van der Waals surface area (Å²) in [5.41, 5.74) is 0.948. The molecular formula is C12H14N2OS. The van der Waals surface area contributed by atoms with Crippen LogP contribution in [-0.4, -0.2) is 17.0 Å². The van der Waals surface area contributed by atoms with Crippen molar-refractivity contribution < 1.29 is 4.79 Å². The fourth-order valence-corrected chi connectivity index (χ4v) is 2.30. The van der Waals surface area contributed by atoms with Gasteiger partial charge in [0.05, 0.1) is 5.69 Å². The maximum atomic E-state index is 11.9. The van der Waals surface area contributed by atoms with E-state index in [9.17, 15) is 4.79 Å². The quantitative estimate of drug-likeness (QED) is 0.867. The van der Waals surface area contributed by atoms with Crippen LogP contribution in [0.15, 0.2) is 36.0 Å². The number of aromatic nitrogens is 1. The number of carbonyl (C=O) groups excluding carboxylic acids is 1. The van der Waals surface area contributed by atoms with E-state index >= 15 is 0 Å². The van der Waals surface area contributed by atoms with Gasteiger partial charge in [-0.2, -0.15) is 0 Å². The minimum atomic E-state index is 0.0144. The highest BCUT2D eigenvalue weighted by molar-refractivity contribution is 7.12. The molecule has 3 nitrogen and oxygen atoms in total. The molecule has 2 heterocycles. The second-order valence-corrected chi connectivity index (χ2v) is 4.40. The molecule has 0 aliphatic carbocycles. The first-order valence-corrected chi connectivity index (χ1v) is 6.20. The normalized spacial score (nSPS) is 10.3. The lowest BCUT2D eigenvalue weighted by atomic mass is 10.3. The lowest BCUT2D eigenvalue weighted by Gasteiger charge is -2.05. The van der Waals surface area contributed by atoms with Crippen molar-refractivity contribution in [3.8, 4) is 5.69 Å². The molecule has 0 fully saturated rings. The van der Waals surface area contributed by atoms with E-state index in [2.05, 4.69) is 5.32 Å². The zero-order valence-electron chi connectivity index (χ0n) is 9.14. The average Bonchev–Trinajstić information content (AvgIpc) is 2.94. The van der Waals surface area contributed by atoms with Gasteiger partial charge in [0.1, 0.15) is 4.88 Å². The second-order valence-electron chi connectivity index (χ2n) is 3.48. The van der Waals surface area contributed by atoms with Gasteiger partial charge in [-0.15, -0.1) is 11.3 Å². The molecule has 2 rings (SSSR count). The lowest BCUT2D eigenvalue weighted by Crippen LogP contribution is -2.24. The third kappa shape index (κ3) is 2.17. The topological polar surface area (TPSA) is 34.0 Å². The van der Waals surface area contributed by atoms with Crippen LogP contribution >= 0.6 is 11.3 Å². The molecule has 84 valence electrons. The number of carbonyl (C=O) groups is 1. The lowest BCUT2D eigenvalue weighted by molar-refractivity contribution is 0.0957. The molecule has 0 aliphatic heterocycles. The van der Waals surface area contributed by atoms with Crippen molar-refractivity contribution in [3.05, 3.63) is 40.8 Å². The Morgan fingerprint density at radius 3 is 2.88 bits per heavy atom. The molecule has 0 aliphatic rings. The van der Waals surface area contributed by atoms with Crippen LogP contribution in [0.3, 0.4) is 0 Å². The first-order valence-electron chi connectivity index (χ1n) is 5.32. The van der Waals surface area contributed by atoms with Gasteiger partial charge in [0.15, 0.2) is 0 Å². The number of nitrogens with one attached hydrogen (secondary N) is 1. The smallest absolute Gasteiger partial charge is 0.263 e. The van der Waals surface area contributed by atoms with Crippen molar-refractivity contribution in [2.75, 3.05) is 6.54 Å². The van der Waals surface area contributed by atoms with Gasteiger partial charge in [0.25, 0.3) is 5.91 Å². The Morgan fingerprint density at radius 1 is 1.44 bits per heavy atom. The van der Waals surface area contributed by atoms with E-state index in [0.29, 0.717) is 0 Å². The highest BCUT2D eigenvalue weighted by Gasteiger charge is 2.13. The molecule has 4 heteroatoms. The maximum absolute atomic E-state index is 11.9. The summed E-state index contributed by atoms with van der Waals surface area (Å²) >= 11 is 1.47. The summed E-state index contributed by atoms with van der Waals surface area (Å²) in [4.78, 5) is 12.6. The van der Waals surface area contributed by atoms with E-state index in [1.807, 2.05) is 47.5 Å². The average molecular weight is 234 g/mol. The minimum Gasteiger partial charge on any atom is -0.351 e. The number of rotatable bonds is 4. The number of nitrogens with zero attached hydrogens (tertiary/aromatic N) is 1. The highest BCUT2D eigenvalue weighted by atomic mass is 32.1. The zero-order valence-corrected chi connectivity index (χ0v) is 9.96.